The van der Waals surface area contributed by atoms with Gasteiger partial charge in [-0.25, -0.2) is 14.8 Å². The van der Waals surface area contributed by atoms with Crippen LogP contribution in [0.3, 0.4) is 0 Å². The van der Waals surface area contributed by atoms with Gasteiger partial charge < -0.3 is 34.6 Å². The number of likely N-dealkylation sites (tertiary alicyclic amines) is 1. The first-order valence-electron chi connectivity index (χ1n) is 16.8. The van der Waals surface area contributed by atoms with Crippen LogP contribution in [0.5, 0.6) is 0 Å². The van der Waals surface area contributed by atoms with Crippen LogP contribution in [0.25, 0.3) is 11.0 Å². The number of methoxy groups -OCH3 is 1. The molecular weight excluding hydrogens is 715 g/mol. The van der Waals surface area contributed by atoms with Crippen LogP contribution in [0.4, 0.5) is 4.79 Å². The Morgan fingerprint density at radius 3 is 2.42 bits per heavy atom. The number of carbonyl (C=O) groups is 3. The summed E-state index contributed by atoms with van der Waals surface area (Å²) in [5.41, 5.74) is 4.71. The average molecular weight is 770 g/mol. The maximum atomic E-state index is 13.7. The number of imidazole rings is 2. The van der Waals surface area contributed by atoms with E-state index in [0.29, 0.717) is 38.5 Å². The molecule has 3 aliphatic rings. The van der Waals surface area contributed by atoms with Crippen LogP contribution < -0.4 is 5.32 Å². The van der Waals surface area contributed by atoms with E-state index in [1.807, 2.05) is 22.8 Å². The number of aromatic nitrogens is 4. The number of nitrogens with zero attached hydrogens (tertiary/aromatic N) is 4. The Morgan fingerprint density at radius 2 is 1.68 bits per heavy atom. The molecule has 3 amide bonds. The minimum Gasteiger partial charge on any atom is -0.453 e. The van der Waals surface area contributed by atoms with Crippen LogP contribution in [0.2, 0.25) is 0 Å². The Morgan fingerprint density at radius 1 is 0.960 bits per heavy atom. The van der Waals surface area contributed by atoms with Crippen LogP contribution in [-0.4, -0.2) is 80.5 Å². The molecule has 50 heavy (non-hydrogen) atoms. The van der Waals surface area contributed by atoms with Crippen molar-refractivity contribution in [3.05, 3.63) is 46.8 Å². The minimum atomic E-state index is -0.651. The number of ether oxygens (including phenoxy) is 2. The Hall–Kier alpha value is -2.53. The normalized spacial score (nSPS) is 21.3. The lowest BCUT2D eigenvalue weighted by Gasteiger charge is -2.28. The van der Waals surface area contributed by atoms with Crippen molar-refractivity contribution < 1.29 is 23.9 Å². The fraction of sp³-hybridized carbons (Fsp3) is 0.618. The monoisotopic (exact) mass is 769 g/mol. The fourth-order valence-electron chi connectivity index (χ4n) is 6.99. The van der Waals surface area contributed by atoms with E-state index < -0.39 is 12.1 Å². The number of alkyl carbamates (subject to hydrolysis) is 1. The summed E-state index contributed by atoms with van der Waals surface area (Å²) in [5, 5.41) is 2.74. The minimum absolute atomic E-state index is 0. The van der Waals surface area contributed by atoms with Crippen molar-refractivity contribution in [2.45, 2.75) is 96.9 Å². The molecular formula is C34H55N7O5S4. The highest BCUT2D eigenvalue weighted by molar-refractivity contribution is 7.59. The largest absolute Gasteiger partial charge is 0.453 e. The molecule has 0 spiro atoms. The van der Waals surface area contributed by atoms with Crippen molar-refractivity contribution >= 4 is 82.9 Å². The Bertz CT molecular complexity index is 1580. The predicted molar refractivity (Wildman–Crippen MR) is 213 cm³/mol. The van der Waals surface area contributed by atoms with Gasteiger partial charge in [-0.1, -0.05) is 26.8 Å². The molecule has 3 aromatic rings. The zero-order valence-corrected chi connectivity index (χ0v) is 33.4. The number of hydrogen-bond donors (Lipinski definition) is 3. The lowest BCUT2D eigenvalue weighted by Crippen LogP contribution is -2.48. The summed E-state index contributed by atoms with van der Waals surface area (Å²) in [6, 6.07) is 5.35. The van der Waals surface area contributed by atoms with Crippen molar-refractivity contribution in [2.75, 3.05) is 26.8 Å². The Labute approximate surface area is 322 Å². The van der Waals surface area contributed by atoms with Gasteiger partial charge in [-0.05, 0) is 68.6 Å². The van der Waals surface area contributed by atoms with Crippen molar-refractivity contribution in [3.63, 3.8) is 0 Å². The van der Waals surface area contributed by atoms with E-state index in [0.717, 1.165) is 84.7 Å². The Kier molecular flexibility index (Phi) is 16.9. The van der Waals surface area contributed by atoms with Gasteiger partial charge >= 0.3 is 6.09 Å². The molecule has 0 aliphatic carbocycles. The third-order valence-corrected chi connectivity index (χ3v) is 9.96. The van der Waals surface area contributed by atoms with E-state index in [1.165, 1.54) is 7.11 Å². The quantitative estimate of drug-likeness (QED) is 0.306. The van der Waals surface area contributed by atoms with Crippen molar-refractivity contribution in [2.24, 2.45) is 11.8 Å². The van der Waals surface area contributed by atoms with Crippen LogP contribution in [0, 0.1) is 11.8 Å². The van der Waals surface area contributed by atoms with Crippen LogP contribution in [0.1, 0.15) is 106 Å². The van der Waals surface area contributed by atoms with Crippen LogP contribution in [0.15, 0.2) is 18.2 Å². The second kappa shape index (κ2) is 19.3. The molecule has 0 unspecified atom stereocenters. The number of amides is 3. The molecule has 6 rings (SSSR count). The number of fused-ring (bicyclic) bond motifs is 5. The van der Waals surface area contributed by atoms with E-state index in [-0.39, 0.29) is 83.8 Å². The molecule has 280 valence electrons. The van der Waals surface area contributed by atoms with Gasteiger partial charge in [-0.3, -0.25) is 9.59 Å². The van der Waals surface area contributed by atoms with Gasteiger partial charge in [0.05, 0.1) is 48.2 Å². The van der Waals surface area contributed by atoms with Crippen LogP contribution >= 0.6 is 54.0 Å². The summed E-state index contributed by atoms with van der Waals surface area (Å²) >= 11 is 0. The van der Waals surface area contributed by atoms with Gasteiger partial charge in [-0.2, -0.15) is 54.0 Å². The first-order valence-corrected chi connectivity index (χ1v) is 16.8. The number of nitrogens with one attached hydrogen (secondary N) is 3. The number of benzene rings is 1. The van der Waals surface area contributed by atoms with Gasteiger partial charge in [0, 0.05) is 32.0 Å². The summed E-state index contributed by atoms with van der Waals surface area (Å²) in [7, 11) is 1.31. The van der Waals surface area contributed by atoms with E-state index in [1.54, 1.807) is 0 Å². The maximum absolute atomic E-state index is 13.7. The molecule has 1 aromatic carbocycles. The van der Waals surface area contributed by atoms with Crippen molar-refractivity contribution in [3.8, 4) is 0 Å². The molecule has 5 heterocycles. The third-order valence-electron chi connectivity index (χ3n) is 9.96. The fourth-order valence-corrected chi connectivity index (χ4v) is 6.99. The molecule has 2 saturated heterocycles. The summed E-state index contributed by atoms with van der Waals surface area (Å²) < 4.78 is 10.9. The van der Waals surface area contributed by atoms with Gasteiger partial charge in [-0.15, -0.1) is 0 Å². The molecule has 3 aliphatic heterocycles. The third kappa shape index (κ3) is 9.46. The number of H-pyrrole nitrogens is 2. The van der Waals surface area contributed by atoms with E-state index >= 15 is 0 Å². The lowest BCUT2D eigenvalue weighted by molar-refractivity contribution is -0.137. The maximum Gasteiger partial charge on any atom is 0.407 e. The van der Waals surface area contributed by atoms with Crippen molar-refractivity contribution in [1.82, 2.24) is 35.1 Å². The molecule has 4 atom stereocenters. The first-order chi connectivity index (χ1) is 22.2. The number of hydrogen-bond acceptors (Lipinski definition) is 7. The van der Waals surface area contributed by atoms with Crippen molar-refractivity contribution in [1.29, 1.82) is 0 Å². The van der Waals surface area contributed by atoms with E-state index in [9.17, 15) is 14.4 Å². The standard InChI is InChI=1S/C34H47N7O5.4H2S/c1-20(2)21(3)32(42)40-14-7-10-28(40)30-35-23-13-12-22(17-25(23)36-30)18-26-27-19-46-16-6-5-9-24(39-34(44)45-4)33(43)41-15-8-11-29(41)31(37-26)38-27;;;;/h12-13,17,20-21,24,28-29H,5-11,14-16,18-19H2,1-4H3,(H,35,36)(H,37,38)(H,39,44);4*1H2/t21-,24-,28-,29-;;;;/m0..../s1. The van der Waals surface area contributed by atoms with Crippen LogP contribution in [-0.2, 0) is 32.1 Å². The SMILES string of the molecule is COC(=O)N[C@H]1CCCCOCc2[nH]c(nc2Cc2ccc3nc([C@@H]4CCCN4C(=O)[C@@H](C)C(C)C)[nH]c3c2)[C@@H]2CCCN2C1=O.S.S.S.S. The summed E-state index contributed by atoms with van der Waals surface area (Å²) in [6.45, 7) is 8.54. The van der Waals surface area contributed by atoms with Gasteiger partial charge in [0.25, 0.3) is 0 Å². The zero-order valence-electron chi connectivity index (χ0n) is 29.4. The van der Waals surface area contributed by atoms with E-state index in [2.05, 4.69) is 41.3 Å². The molecule has 2 fully saturated rings. The molecule has 12 nitrogen and oxygen atoms in total. The highest BCUT2D eigenvalue weighted by atomic mass is 32.1. The smallest absolute Gasteiger partial charge is 0.407 e. The number of aromatic amines is 2. The Balaban J connectivity index is 0.00000217. The second-order valence-electron chi connectivity index (χ2n) is 13.3. The highest BCUT2D eigenvalue weighted by Crippen LogP contribution is 2.35. The summed E-state index contributed by atoms with van der Waals surface area (Å²) in [6.07, 6.45) is 5.57. The average Bonchev–Trinajstić information content (AvgIpc) is 3.86. The molecule has 16 heteroatoms. The lowest BCUT2D eigenvalue weighted by atomic mass is 9.96. The molecule has 2 aromatic heterocycles. The zero-order chi connectivity index (χ0) is 32.4. The molecule has 2 bridgehead atoms. The van der Waals surface area contributed by atoms with Gasteiger partial charge in [0.2, 0.25) is 11.8 Å². The number of carbonyl (C=O) groups excluding carboxylic acids is 3. The topological polar surface area (TPSA) is 146 Å². The highest BCUT2D eigenvalue weighted by Gasteiger charge is 2.37. The molecule has 3 N–H and O–H groups in total. The van der Waals surface area contributed by atoms with E-state index in [4.69, 9.17) is 19.4 Å². The van der Waals surface area contributed by atoms with Gasteiger partial charge in [0.15, 0.2) is 0 Å². The molecule has 0 saturated carbocycles. The second-order valence-corrected chi connectivity index (χ2v) is 13.3. The first kappa shape index (κ1) is 43.6. The summed E-state index contributed by atoms with van der Waals surface area (Å²) in [5.74, 6) is 1.96. The summed E-state index contributed by atoms with van der Waals surface area (Å²) in [4.78, 5) is 59.8. The van der Waals surface area contributed by atoms with Gasteiger partial charge in [0.1, 0.15) is 17.7 Å². The predicted octanol–water partition coefficient (Wildman–Crippen LogP) is 5.37. The molecule has 0 radical (unpaired) electrons. The number of rotatable bonds is 6.